The van der Waals surface area contributed by atoms with Crippen molar-refractivity contribution in [3.05, 3.63) is 23.8 Å². The van der Waals surface area contributed by atoms with Crippen molar-refractivity contribution in [2.24, 2.45) is 5.73 Å². The molecule has 0 aliphatic heterocycles. The van der Waals surface area contributed by atoms with Gasteiger partial charge in [-0.25, -0.2) is 0 Å². The fourth-order valence-electron chi connectivity index (χ4n) is 1.36. The predicted octanol–water partition coefficient (Wildman–Crippen LogP) is 1.35. The summed E-state index contributed by atoms with van der Waals surface area (Å²) in [4.78, 5) is 0. The molecule has 2 N–H and O–H groups in total. The molecule has 0 aliphatic rings. The van der Waals surface area contributed by atoms with Crippen LogP contribution in [0, 0.1) is 0 Å². The molecule has 0 spiro atoms. The maximum absolute atomic E-state index is 5.90. The van der Waals surface area contributed by atoms with Crippen molar-refractivity contribution in [1.29, 1.82) is 0 Å². The summed E-state index contributed by atoms with van der Waals surface area (Å²) in [7, 11) is 4.83. The number of ether oxygens (including phenoxy) is 3. The second-order valence-electron chi connectivity index (χ2n) is 3.18. The maximum Gasteiger partial charge on any atom is 0.161 e. The third kappa shape index (κ3) is 2.84. The van der Waals surface area contributed by atoms with Crippen molar-refractivity contribution in [2.75, 3.05) is 27.9 Å². The van der Waals surface area contributed by atoms with E-state index in [9.17, 15) is 0 Å². The highest BCUT2D eigenvalue weighted by Gasteiger charge is 2.09. The highest BCUT2D eigenvalue weighted by Crippen LogP contribution is 2.29. The van der Waals surface area contributed by atoms with Crippen LogP contribution in [0.1, 0.15) is 11.6 Å². The standard InChI is InChI=1S/C11H17NO3/c1-13-7-9(12)8-4-5-10(14-2)11(6-8)15-3/h4-6,9H,7,12H2,1-3H3/t9-/m0/s1. The number of nitrogens with two attached hydrogens (primary N) is 1. The minimum absolute atomic E-state index is 0.144. The van der Waals surface area contributed by atoms with E-state index >= 15 is 0 Å². The monoisotopic (exact) mass is 211 g/mol. The molecule has 0 saturated carbocycles. The lowest BCUT2D eigenvalue weighted by molar-refractivity contribution is 0.181. The van der Waals surface area contributed by atoms with Gasteiger partial charge in [-0.3, -0.25) is 0 Å². The fourth-order valence-corrected chi connectivity index (χ4v) is 1.36. The van der Waals surface area contributed by atoms with Gasteiger partial charge in [-0.1, -0.05) is 6.07 Å². The highest BCUT2D eigenvalue weighted by molar-refractivity contribution is 5.43. The van der Waals surface area contributed by atoms with Crippen LogP contribution in [-0.2, 0) is 4.74 Å². The predicted molar refractivity (Wildman–Crippen MR) is 58.4 cm³/mol. The lowest BCUT2D eigenvalue weighted by atomic mass is 10.1. The molecule has 0 radical (unpaired) electrons. The average Bonchev–Trinajstić information content (AvgIpc) is 2.28. The lowest BCUT2D eigenvalue weighted by Crippen LogP contribution is -2.16. The Morgan fingerprint density at radius 2 is 1.80 bits per heavy atom. The van der Waals surface area contributed by atoms with Crippen LogP contribution in [0.3, 0.4) is 0 Å². The molecule has 0 fully saturated rings. The summed E-state index contributed by atoms with van der Waals surface area (Å²) in [5.74, 6) is 1.38. The van der Waals surface area contributed by atoms with Crippen LogP contribution >= 0.6 is 0 Å². The molecule has 0 bridgehead atoms. The summed E-state index contributed by atoms with van der Waals surface area (Å²) in [6.45, 7) is 0.482. The molecule has 0 amide bonds. The Hall–Kier alpha value is -1.26. The molecule has 0 aromatic heterocycles. The zero-order valence-corrected chi connectivity index (χ0v) is 9.32. The van der Waals surface area contributed by atoms with Gasteiger partial charge in [0, 0.05) is 7.11 Å². The summed E-state index contributed by atoms with van der Waals surface area (Å²) >= 11 is 0. The van der Waals surface area contributed by atoms with Crippen molar-refractivity contribution in [2.45, 2.75) is 6.04 Å². The van der Waals surface area contributed by atoms with Gasteiger partial charge in [0.1, 0.15) is 0 Å². The van der Waals surface area contributed by atoms with Crippen molar-refractivity contribution >= 4 is 0 Å². The van der Waals surface area contributed by atoms with Crippen LogP contribution in [0.25, 0.3) is 0 Å². The van der Waals surface area contributed by atoms with Gasteiger partial charge < -0.3 is 19.9 Å². The van der Waals surface area contributed by atoms with Gasteiger partial charge in [0.15, 0.2) is 11.5 Å². The number of rotatable bonds is 5. The van der Waals surface area contributed by atoms with Crippen LogP contribution in [0.4, 0.5) is 0 Å². The Morgan fingerprint density at radius 3 is 2.33 bits per heavy atom. The molecule has 4 heteroatoms. The van der Waals surface area contributed by atoms with E-state index in [1.165, 1.54) is 0 Å². The number of hydrogen-bond donors (Lipinski definition) is 1. The van der Waals surface area contributed by atoms with Crippen molar-refractivity contribution < 1.29 is 14.2 Å². The van der Waals surface area contributed by atoms with Gasteiger partial charge in [0.25, 0.3) is 0 Å². The Bertz CT molecular complexity index is 315. The molecule has 1 rings (SSSR count). The first-order valence-corrected chi connectivity index (χ1v) is 4.69. The minimum atomic E-state index is -0.144. The molecule has 0 aliphatic carbocycles. The molecule has 84 valence electrons. The van der Waals surface area contributed by atoms with E-state index in [1.54, 1.807) is 21.3 Å². The van der Waals surface area contributed by atoms with Crippen molar-refractivity contribution in [3.63, 3.8) is 0 Å². The van der Waals surface area contributed by atoms with Gasteiger partial charge in [-0.15, -0.1) is 0 Å². The summed E-state index contributed by atoms with van der Waals surface area (Å²) in [6.07, 6.45) is 0. The Balaban J connectivity index is 2.92. The van der Waals surface area contributed by atoms with Gasteiger partial charge in [0.2, 0.25) is 0 Å². The molecule has 0 heterocycles. The van der Waals surface area contributed by atoms with Gasteiger partial charge >= 0.3 is 0 Å². The molecular weight excluding hydrogens is 194 g/mol. The fraction of sp³-hybridized carbons (Fsp3) is 0.455. The lowest BCUT2D eigenvalue weighted by Gasteiger charge is -2.14. The second-order valence-corrected chi connectivity index (χ2v) is 3.18. The molecule has 1 aromatic carbocycles. The van der Waals surface area contributed by atoms with E-state index in [2.05, 4.69) is 0 Å². The Labute approximate surface area is 89.9 Å². The van der Waals surface area contributed by atoms with E-state index in [0.717, 1.165) is 5.56 Å². The van der Waals surface area contributed by atoms with Gasteiger partial charge in [-0.2, -0.15) is 0 Å². The SMILES string of the molecule is COC[C@H](N)c1ccc(OC)c(OC)c1. The van der Waals surface area contributed by atoms with E-state index in [4.69, 9.17) is 19.9 Å². The Kier molecular flexibility index (Phi) is 4.39. The average molecular weight is 211 g/mol. The minimum Gasteiger partial charge on any atom is -0.493 e. The normalized spacial score (nSPS) is 12.3. The van der Waals surface area contributed by atoms with Crippen LogP contribution < -0.4 is 15.2 Å². The van der Waals surface area contributed by atoms with E-state index in [0.29, 0.717) is 18.1 Å². The van der Waals surface area contributed by atoms with Crippen molar-refractivity contribution in [3.8, 4) is 11.5 Å². The summed E-state index contributed by atoms with van der Waals surface area (Å²) in [6, 6.07) is 5.46. The largest absolute Gasteiger partial charge is 0.493 e. The van der Waals surface area contributed by atoms with Crippen LogP contribution in [0.2, 0.25) is 0 Å². The molecule has 0 unspecified atom stereocenters. The topological polar surface area (TPSA) is 53.7 Å². The van der Waals surface area contributed by atoms with Crippen LogP contribution in [0.15, 0.2) is 18.2 Å². The number of benzene rings is 1. The molecule has 15 heavy (non-hydrogen) atoms. The number of hydrogen-bond acceptors (Lipinski definition) is 4. The van der Waals surface area contributed by atoms with Crippen LogP contribution in [-0.4, -0.2) is 27.9 Å². The molecule has 4 nitrogen and oxygen atoms in total. The zero-order valence-electron chi connectivity index (χ0n) is 9.32. The van der Waals surface area contributed by atoms with E-state index < -0.39 is 0 Å². The number of methoxy groups -OCH3 is 3. The van der Waals surface area contributed by atoms with Crippen LogP contribution in [0.5, 0.6) is 11.5 Å². The molecular formula is C11H17NO3. The first-order chi connectivity index (χ1) is 7.22. The molecule has 1 atom stereocenters. The van der Waals surface area contributed by atoms with E-state index in [1.807, 2.05) is 18.2 Å². The Morgan fingerprint density at radius 1 is 1.13 bits per heavy atom. The third-order valence-electron chi connectivity index (χ3n) is 2.18. The molecule has 0 saturated heterocycles. The highest BCUT2D eigenvalue weighted by atomic mass is 16.5. The van der Waals surface area contributed by atoms with E-state index in [-0.39, 0.29) is 6.04 Å². The smallest absolute Gasteiger partial charge is 0.161 e. The molecule has 1 aromatic rings. The van der Waals surface area contributed by atoms with Gasteiger partial charge in [-0.05, 0) is 17.7 Å². The summed E-state index contributed by atoms with van der Waals surface area (Å²) < 4.78 is 15.3. The third-order valence-corrected chi connectivity index (χ3v) is 2.18. The quantitative estimate of drug-likeness (QED) is 0.798. The zero-order chi connectivity index (χ0) is 11.3. The summed E-state index contributed by atoms with van der Waals surface area (Å²) in [5, 5.41) is 0. The first-order valence-electron chi connectivity index (χ1n) is 4.69. The first kappa shape index (κ1) is 11.8. The summed E-state index contributed by atoms with van der Waals surface area (Å²) in [5.41, 5.74) is 6.87. The maximum atomic E-state index is 5.90. The second kappa shape index (κ2) is 5.58. The van der Waals surface area contributed by atoms with Crippen molar-refractivity contribution in [1.82, 2.24) is 0 Å². The van der Waals surface area contributed by atoms with Gasteiger partial charge in [0.05, 0.1) is 26.9 Å².